The van der Waals surface area contributed by atoms with Crippen molar-refractivity contribution in [2.75, 3.05) is 0 Å². The van der Waals surface area contributed by atoms with E-state index in [1.807, 2.05) is 36.4 Å². The van der Waals surface area contributed by atoms with E-state index >= 15 is 0 Å². The van der Waals surface area contributed by atoms with Gasteiger partial charge < -0.3 is 9.13 Å². The number of hydrogen-bond acceptors (Lipinski definition) is 4. The maximum atomic E-state index is 6.67. The summed E-state index contributed by atoms with van der Waals surface area (Å²) >= 11 is 0. The highest BCUT2D eigenvalue weighted by atomic mass is 15.2. The Hall–Kier alpha value is -13.3. The molecule has 0 saturated heterocycles. The van der Waals surface area contributed by atoms with Gasteiger partial charge in [0.2, 0.25) is 0 Å². The fourth-order valence-corrected chi connectivity index (χ4v) is 16.2. The number of fused-ring (bicyclic) bond motifs is 20. The second kappa shape index (κ2) is 21.1. The van der Waals surface area contributed by atoms with Gasteiger partial charge in [0.1, 0.15) is 11.4 Å². The van der Waals surface area contributed by atoms with Crippen molar-refractivity contribution in [2.45, 2.75) is 0 Å². The Labute approximate surface area is 561 Å². The molecule has 0 spiro atoms. The summed E-state index contributed by atoms with van der Waals surface area (Å²) in [6, 6.07) is 119. The van der Waals surface area contributed by atoms with Crippen molar-refractivity contribution in [3.8, 4) is 68.3 Å². The van der Waals surface area contributed by atoms with E-state index < -0.39 is 0 Å². The van der Waals surface area contributed by atoms with E-state index in [1.165, 1.54) is 53.9 Å². The number of nitrogens with zero attached hydrogens (tertiary/aromatic N) is 8. The van der Waals surface area contributed by atoms with Crippen molar-refractivity contribution in [1.29, 1.82) is 0 Å². The van der Waals surface area contributed by atoms with Crippen LogP contribution in [0.4, 0.5) is 0 Å². The van der Waals surface area contributed by atoms with Gasteiger partial charge >= 0.3 is 0 Å². The number of aromatic nitrogens is 8. The van der Waals surface area contributed by atoms with Crippen molar-refractivity contribution in [3.63, 3.8) is 0 Å². The number of hydrogen-bond donors (Lipinski definition) is 0. The molecule has 0 bridgehead atoms. The molecule has 0 aliphatic heterocycles. The zero-order valence-corrected chi connectivity index (χ0v) is 52.8. The molecule has 15 aromatic carbocycles. The maximum absolute atomic E-state index is 6.67. The molecule has 0 fully saturated rings. The molecule has 0 radical (unpaired) electrons. The van der Waals surface area contributed by atoms with Gasteiger partial charge in [0.15, 0.2) is 29.1 Å². The monoisotopic (exact) mass is 1250 g/mol. The molecule has 0 amide bonds. The van der Waals surface area contributed by atoms with E-state index in [2.05, 4.69) is 309 Å². The van der Waals surface area contributed by atoms with Gasteiger partial charge in [-0.2, -0.15) is 0 Å². The molecular formula is C90H54N8. The third-order valence-corrected chi connectivity index (χ3v) is 20.4. The summed E-state index contributed by atoms with van der Waals surface area (Å²) in [6.07, 6.45) is 0. The van der Waals surface area contributed by atoms with Gasteiger partial charge in [0.25, 0.3) is 0 Å². The van der Waals surface area contributed by atoms with Crippen LogP contribution in [0, 0.1) is 0 Å². The SMILES string of the molecule is c1ccc(-c2nc(-c3ccccc3)nc(-c3ccc(-c4c(-n5c6ccccc6c6c7ccccc7ccc65)c(-n5c6ccccc6c6c7ccccc7ccc65)nc(-n5c6ccccc6c6c7ccccc7ccc65)c4-n4c5ccccc5c5c6ccccc6ccc54)cc3)n2)cc1. The lowest BCUT2D eigenvalue weighted by atomic mass is 9.98. The Morgan fingerprint density at radius 2 is 0.429 bits per heavy atom. The normalized spacial score (nSPS) is 12.1. The van der Waals surface area contributed by atoms with E-state index in [1.54, 1.807) is 0 Å². The zero-order chi connectivity index (χ0) is 64.1. The van der Waals surface area contributed by atoms with Crippen molar-refractivity contribution in [3.05, 3.63) is 328 Å². The molecule has 0 aliphatic carbocycles. The van der Waals surface area contributed by atoms with Crippen LogP contribution in [0.3, 0.4) is 0 Å². The third-order valence-electron chi connectivity index (χ3n) is 20.4. The smallest absolute Gasteiger partial charge is 0.165 e. The molecule has 0 aliphatic rings. The molecule has 21 aromatic rings. The Bertz CT molecular complexity index is 6530. The van der Waals surface area contributed by atoms with Gasteiger partial charge in [0.05, 0.1) is 44.1 Å². The molecule has 98 heavy (non-hydrogen) atoms. The van der Waals surface area contributed by atoms with Crippen molar-refractivity contribution in [2.24, 2.45) is 0 Å². The first-order valence-corrected chi connectivity index (χ1v) is 33.4. The Kier molecular flexibility index (Phi) is 11.7. The predicted molar refractivity (Wildman–Crippen MR) is 407 cm³/mol. The minimum Gasteiger partial charge on any atom is -0.305 e. The van der Waals surface area contributed by atoms with Gasteiger partial charge in [0, 0.05) is 65.3 Å². The van der Waals surface area contributed by atoms with Crippen LogP contribution >= 0.6 is 0 Å². The summed E-state index contributed by atoms with van der Waals surface area (Å²) in [5.41, 5.74) is 14.8. The average Bonchev–Trinajstić information content (AvgIpc) is 1.49. The van der Waals surface area contributed by atoms with Crippen LogP contribution in [0.2, 0.25) is 0 Å². The van der Waals surface area contributed by atoms with E-state index in [4.69, 9.17) is 19.9 Å². The lowest BCUT2D eigenvalue weighted by molar-refractivity contribution is 0.961. The summed E-state index contributed by atoms with van der Waals surface area (Å²) in [5.74, 6) is 3.29. The molecule has 0 unspecified atom stereocenters. The maximum Gasteiger partial charge on any atom is 0.165 e. The summed E-state index contributed by atoms with van der Waals surface area (Å²) in [5, 5.41) is 18.6. The van der Waals surface area contributed by atoms with Crippen molar-refractivity contribution < 1.29 is 0 Å². The molecule has 6 aromatic heterocycles. The van der Waals surface area contributed by atoms with Crippen LogP contribution in [-0.4, -0.2) is 38.2 Å². The highest BCUT2D eigenvalue weighted by Crippen LogP contribution is 2.51. The van der Waals surface area contributed by atoms with Crippen LogP contribution in [-0.2, 0) is 0 Å². The topological polar surface area (TPSA) is 71.3 Å². The predicted octanol–water partition coefficient (Wildman–Crippen LogP) is 22.9. The highest BCUT2D eigenvalue weighted by molar-refractivity contribution is 6.26. The standard InChI is InChI=1S/C90H54N8/c1-3-27-60(28-4-1)86-91-87(61-29-5-2-6-30-61)93-88(92-86)62-45-43-59(44-46-62)79-84(95-71-39-19-15-35-67(71)80-63-31-11-7-23-55(63)47-51-75(80)95)89(97-73-41-21-17-37-69(73)82-65-33-13-9-25-57(65)49-53-77(82)97)94-90(98-74-42-22-18-38-70(74)83-66-34-14-10-26-58(66)50-54-78(83)98)85(79)96-72-40-20-16-36-68(72)81-64-32-12-8-24-56(64)48-52-76(81)96/h1-54H. The summed E-state index contributed by atoms with van der Waals surface area (Å²) in [6.45, 7) is 0. The van der Waals surface area contributed by atoms with Crippen LogP contribution in [0.1, 0.15) is 0 Å². The number of pyridine rings is 1. The van der Waals surface area contributed by atoms with Crippen LogP contribution in [0.15, 0.2) is 328 Å². The van der Waals surface area contributed by atoms with Crippen molar-refractivity contribution >= 4 is 130 Å². The first kappa shape index (κ1) is 54.1. The van der Waals surface area contributed by atoms with Gasteiger partial charge in [-0.05, 0) is 97.2 Å². The molecule has 8 heteroatoms. The molecular weight excluding hydrogens is 1190 g/mol. The van der Waals surface area contributed by atoms with Gasteiger partial charge in [-0.25, -0.2) is 19.9 Å². The highest BCUT2D eigenvalue weighted by Gasteiger charge is 2.34. The van der Waals surface area contributed by atoms with E-state index in [0.29, 0.717) is 17.5 Å². The second-order valence-electron chi connectivity index (χ2n) is 25.6. The van der Waals surface area contributed by atoms with Crippen LogP contribution in [0.25, 0.3) is 199 Å². The van der Waals surface area contributed by atoms with E-state index in [9.17, 15) is 0 Å². The van der Waals surface area contributed by atoms with E-state index in [0.717, 1.165) is 127 Å². The summed E-state index contributed by atoms with van der Waals surface area (Å²) < 4.78 is 10.0. The third kappa shape index (κ3) is 7.88. The Morgan fingerprint density at radius 1 is 0.173 bits per heavy atom. The minimum atomic E-state index is 0.569. The van der Waals surface area contributed by atoms with Crippen LogP contribution in [0.5, 0.6) is 0 Å². The van der Waals surface area contributed by atoms with E-state index in [-0.39, 0.29) is 0 Å². The molecule has 8 nitrogen and oxygen atoms in total. The number of benzene rings is 15. The lowest BCUT2D eigenvalue weighted by Crippen LogP contribution is -2.16. The van der Waals surface area contributed by atoms with Crippen molar-refractivity contribution in [1.82, 2.24) is 38.2 Å². The van der Waals surface area contributed by atoms with Crippen LogP contribution < -0.4 is 0 Å². The largest absolute Gasteiger partial charge is 0.305 e. The summed E-state index contributed by atoms with van der Waals surface area (Å²) in [7, 11) is 0. The van der Waals surface area contributed by atoms with Gasteiger partial charge in [-0.3, -0.25) is 9.13 Å². The minimum absolute atomic E-state index is 0.569. The molecule has 454 valence electrons. The van der Waals surface area contributed by atoms with Gasteiger partial charge in [-0.15, -0.1) is 0 Å². The quantitative estimate of drug-likeness (QED) is 0.152. The molecule has 0 atom stereocenters. The average molecular weight is 1250 g/mol. The number of rotatable bonds is 8. The second-order valence-corrected chi connectivity index (χ2v) is 25.6. The zero-order valence-electron chi connectivity index (χ0n) is 52.8. The fraction of sp³-hybridized carbons (Fsp3) is 0. The number of para-hydroxylation sites is 4. The summed E-state index contributed by atoms with van der Waals surface area (Å²) in [4.78, 5) is 22.4. The van der Waals surface area contributed by atoms with Gasteiger partial charge in [-0.1, -0.05) is 279 Å². The molecule has 0 saturated carbocycles. The fourth-order valence-electron chi connectivity index (χ4n) is 16.2. The molecule has 0 N–H and O–H groups in total. The molecule has 6 heterocycles. The lowest BCUT2D eigenvalue weighted by Gasteiger charge is -2.27. The Balaban J connectivity index is 1.01. The first-order chi connectivity index (χ1) is 48.7. The molecule has 21 rings (SSSR count). The first-order valence-electron chi connectivity index (χ1n) is 33.4. The Morgan fingerprint density at radius 3 is 0.765 bits per heavy atom.